The number of pyridine rings is 1. The zero-order chi connectivity index (χ0) is 15.4. The van der Waals surface area contributed by atoms with Crippen LogP contribution in [0.15, 0.2) is 41.8 Å². The second-order valence-electron chi connectivity index (χ2n) is 4.39. The van der Waals surface area contributed by atoms with Crippen LogP contribution in [0.4, 0.5) is 0 Å². The number of carbonyl (C=O) groups is 1. The van der Waals surface area contributed by atoms with E-state index in [4.69, 9.17) is 14.2 Å². The molecule has 112 valence electrons. The molecule has 2 aromatic rings. The van der Waals surface area contributed by atoms with Crippen LogP contribution >= 0.6 is 0 Å². The molecule has 0 saturated heterocycles. The molecule has 0 atom stereocenters. The number of nitrogens with one attached hydrogen (secondary N) is 1. The van der Waals surface area contributed by atoms with Gasteiger partial charge in [0.25, 0.3) is 5.91 Å². The van der Waals surface area contributed by atoms with E-state index < -0.39 is 0 Å². The Morgan fingerprint density at radius 2 is 2.23 bits per heavy atom. The molecule has 7 heteroatoms. The molecule has 3 rings (SSSR count). The van der Waals surface area contributed by atoms with Gasteiger partial charge >= 0.3 is 0 Å². The van der Waals surface area contributed by atoms with E-state index in [1.807, 2.05) is 0 Å². The number of ether oxygens (including phenoxy) is 3. The third-order valence-corrected chi connectivity index (χ3v) is 3.02. The van der Waals surface area contributed by atoms with Gasteiger partial charge in [-0.25, -0.2) is 5.43 Å². The first-order chi connectivity index (χ1) is 10.8. The fourth-order valence-corrected chi connectivity index (χ4v) is 1.94. The van der Waals surface area contributed by atoms with E-state index in [1.165, 1.54) is 12.4 Å². The first-order valence-corrected chi connectivity index (χ1v) is 6.49. The summed E-state index contributed by atoms with van der Waals surface area (Å²) in [6.07, 6.45) is 4.54. The fraction of sp³-hybridized carbons (Fsp3) is 0.133. The van der Waals surface area contributed by atoms with Gasteiger partial charge in [-0.15, -0.1) is 0 Å². The summed E-state index contributed by atoms with van der Waals surface area (Å²) >= 11 is 0. The molecule has 1 aliphatic rings. The van der Waals surface area contributed by atoms with Gasteiger partial charge in [-0.3, -0.25) is 9.78 Å². The van der Waals surface area contributed by atoms with Crippen LogP contribution in [0.1, 0.15) is 15.9 Å². The highest BCUT2D eigenvalue weighted by Gasteiger charge is 2.17. The van der Waals surface area contributed by atoms with E-state index in [0.717, 1.165) is 0 Å². The van der Waals surface area contributed by atoms with Crippen LogP contribution in [0.2, 0.25) is 0 Å². The lowest BCUT2D eigenvalue weighted by Crippen LogP contribution is -2.17. The number of hydrogen-bond donors (Lipinski definition) is 1. The summed E-state index contributed by atoms with van der Waals surface area (Å²) in [5.41, 5.74) is 3.52. The smallest absolute Gasteiger partial charge is 0.272 e. The predicted molar refractivity (Wildman–Crippen MR) is 78.4 cm³/mol. The molecule has 2 heterocycles. The van der Waals surface area contributed by atoms with Gasteiger partial charge in [0.15, 0.2) is 11.5 Å². The Balaban J connectivity index is 1.74. The topological polar surface area (TPSA) is 82.0 Å². The molecule has 0 bridgehead atoms. The molecule has 0 aliphatic carbocycles. The number of nitrogens with zero attached hydrogens (tertiary/aromatic N) is 2. The number of methoxy groups -OCH3 is 1. The largest absolute Gasteiger partial charge is 0.496 e. The van der Waals surface area contributed by atoms with Crippen LogP contribution in [0, 0.1) is 0 Å². The normalized spacial score (nSPS) is 12.4. The van der Waals surface area contributed by atoms with E-state index in [0.29, 0.717) is 28.4 Å². The van der Waals surface area contributed by atoms with Crippen molar-refractivity contribution in [1.29, 1.82) is 0 Å². The van der Waals surface area contributed by atoms with Crippen molar-refractivity contribution in [3.63, 3.8) is 0 Å². The van der Waals surface area contributed by atoms with Crippen molar-refractivity contribution < 1.29 is 19.0 Å². The molecule has 1 aromatic heterocycles. The van der Waals surface area contributed by atoms with E-state index in [2.05, 4.69) is 15.5 Å². The zero-order valence-corrected chi connectivity index (χ0v) is 11.8. The second kappa shape index (κ2) is 6.13. The minimum Gasteiger partial charge on any atom is -0.496 e. The number of hydrazone groups is 1. The predicted octanol–water partition coefficient (Wildman–Crippen LogP) is 1.58. The van der Waals surface area contributed by atoms with Gasteiger partial charge in [0.05, 0.1) is 18.9 Å². The van der Waals surface area contributed by atoms with Gasteiger partial charge in [-0.2, -0.15) is 5.10 Å². The van der Waals surface area contributed by atoms with Gasteiger partial charge < -0.3 is 14.2 Å². The molecular weight excluding hydrogens is 286 g/mol. The first-order valence-electron chi connectivity index (χ1n) is 6.49. The monoisotopic (exact) mass is 299 g/mol. The van der Waals surface area contributed by atoms with Gasteiger partial charge in [0.1, 0.15) is 5.75 Å². The Bertz CT molecular complexity index is 716. The highest BCUT2D eigenvalue weighted by Crippen LogP contribution is 2.37. The van der Waals surface area contributed by atoms with E-state index in [9.17, 15) is 4.79 Å². The van der Waals surface area contributed by atoms with Gasteiger partial charge in [0, 0.05) is 24.0 Å². The summed E-state index contributed by atoms with van der Waals surface area (Å²) in [6.45, 7) is 0.177. The maximum absolute atomic E-state index is 11.8. The summed E-state index contributed by atoms with van der Waals surface area (Å²) in [6, 6.07) is 6.78. The van der Waals surface area contributed by atoms with Crippen molar-refractivity contribution in [3.05, 3.63) is 47.8 Å². The van der Waals surface area contributed by atoms with Crippen LogP contribution in [-0.4, -0.2) is 31.0 Å². The number of fused-ring (bicyclic) bond motifs is 1. The van der Waals surface area contributed by atoms with Crippen molar-refractivity contribution in [3.8, 4) is 17.2 Å². The van der Waals surface area contributed by atoms with Crippen molar-refractivity contribution in [2.45, 2.75) is 0 Å². The first kappa shape index (κ1) is 13.9. The lowest BCUT2D eigenvalue weighted by molar-refractivity contribution is 0.0954. The standard InChI is InChI=1S/C15H13N3O4/c1-20-12-6-14-13(21-9-22-14)5-11(12)8-17-18-15(19)10-3-2-4-16-7-10/h2-8H,9H2,1H3,(H,18,19)/b17-8-. The summed E-state index contributed by atoms with van der Waals surface area (Å²) in [7, 11) is 1.54. The number of hydrogen-bond acceptors (Lipinski definition) is 6. The van der Waals surface area contributed by atoms with Gasteiger partial charge in [0.2, 0.25) is 6.79 Å². The Morgan fingerprint density at radius 1 is 1.41 bits per heavy atom. The third kappa shape index (κ3) is 2.83. The highest BCUT2D eigenvalue weighted by atomic mass is 16.7. The summed E-state index contributed by atoms with van der Waals surface area (Å²) in [4.78, 5) is 15.7. The second-order valence-corrected chi connectivity index (χ2v) is 4.39. The fourth-order valence-electron chi connectivity index (χ4n) is 1.94. The average molecular weight is 299 g/mol. The molecular formula is C15H13N3O4. The number of carbonyl (C=O) groups excluding carboxylic acids is 1. The molecule has 0 radical (unpaired) electrons. The van der Waals surface area contributed by atoms with Gasteiger partial charge in [-0.05, 0) is 18.2 Å². The van der Waals surface area contributed by atoms with Crippen molar-refractivity contribution >= 4 is 12.1 Å². The Morgan fingerprint density at radius 3 is 2.95 bits per heavy atom. The molecule has 1 N–H and O–H groups in total. The van der Waals surface area contributed by atoms with Crippen molar-refractivity contribution in [2.24, 2.45) is 5.10 Å². The third-order valence-electron chi connectivity index (χ3n) is 3.02. The van der Waals surface area contributed by atoms with Crippen LogP contribution in [0.5, 0.6) is 17.2 Å². The Labute approximate surface area is 126 Å². The maximum atomic E-state index is 11.8. The minimum absolute atomic E-state index is 0.177. The average Bonchev–Trinajstić information content (AvgIpc) is 3.02. The van der Waals surface area contributed by atoms with Crippen molar-refractivity contribution in [1.82, 2.24) is 10.4 Å². The van der Waals surface area contributed by atoms with Crippen LogP contribution < -0.4 is 19.6 Å². The molecule has 1 aliphatic heterocycles. The number of amides is 1. The summed E-state index contributed by atoms with van der Waals surface area (Å²) in [5, 5.41) is 3.92. The maximum Gasteiger partial charge on any atom is 0.272 e. The molecule has 0 spiro atoms. The Kier molecular flexibility index (Phi) is 3.86. The lowest BCUT2D eigenvalue weighted by atomic mass is 10.2. The van der Waals surface area contributed by atoms with Crippen LogP contribution in [0.3, 0.4) is 0 Å². The van der Waals surface area contributed by atoms with Crippen LogP contribution in [-0.2, 0) is 0 Å². The van der Waals surface area contributed by atoms with Crippen LogP contribution in [0.25, 0.3) is 0 Å². The molecule has 22 heavy (non-hydrogen) atoms. The number of rotatable bonds is 4. The summed E-state index contributed by atoms with van der Waals surface area (Å²) < 4.78 is 15.8. The van der Waals surface area contributed by atoms with Crippen molar-refractivity contribution in [2.75, 3.05) is 13.9 Å². The number of aromatic nitrogens is 1. The molecule has 1 aromatic carbocycles. The number of benzene rings is 1. The molecule has 0 saturated carbocycles. The Hall–Kier alpha value is -3.09. The SMILES string of the molecule is COc1cc2c(cc1/C=N\NC(=O)c1cccnc1)OCO2. The lowest BCUT2D eigenvalue weighted by Gasteiger charge is -2.06. The molecule has 0 fully saturated rings. The van der Waals surface area contributed by atoms with E-state index in [-0.39, 0.29) is 12.7 Å². The summed E-state index contributed by atoms with van der Waals surface area (Å²) in [5.74, 6) is 1.46. The van der Waals surface area contributed by atoms with Gasteiger partial charge in [-0.1, -0.05) is 0 Å². The minimum atomic E-state index is -0.343. The molecule has 7 nitrogen and oxygen atoms in total. The quantitative estimate of drug-likeness (QED) is 0.684. The van der Waals surface area contributed by atoms with E-state index in [1.54, 1.807) is 37.6 Å². The molecule has 1 amide bonds. The van der Waals surface area contributed by atoms with E-state index >= 15 is 0 Å². The molecule has 0 unspecified atom stereocenters. The highest BCUT2D eigenvalue weighted by molar-refractivity contribution is 5.94. The zero-order valence-electron chi connectivity index (χ0n) is 11.8.